The van der Waals surface area contributed by atoms with E-state index < -0.39 is 21.4 Å². The zero-order valence-corrected chi connectivity index (χ0v) is 29.6. The van der Waals surface area contributed by atoms with Crippen molar-refractivity contribution in [3.8, 4) is 0 Å². The van der Waals surface area contributed by atoms with Gasteiger partial charge in [-0.25, -0.2) is 0 Å². The maximum absolute atomic E-state index is 11.5. The highest BCUT2D eigenvalue weighted by Crippen LogP contribution is 2.38. The SMILES string of the molecule is CN1CCC(CCCP(C)(C)=O)NC1.CP(C)(=O)CCCC1CCNCN1.CP(C)(=O)CCCC1CCOCN1. The summed E-state index contributed by atoms with van der Waals surface area (Å²) < 4.78 is 39.5. The molecule has 3 aliphatic heterocycles. The van der Waals surface area contributed by atoms with Gasteiger partial charge in [0, 0.05) is 63.1 Å². The summed E-state index contributed by atoms with van der Waals surface area (Å²) in [6, 6.07) is 1.88. The summed E-state index contributed by atoms with van der Waals surface area (Å²) in [5.41, 5.74) is 0. The molecule has 3 atom stereocenters. The highest BCUT2D eigenvalue weighted by molar-refractivity contribution is 7.62. The molecule has 0 amide bonds. The van der Waals surface area contributed by atoms with Crippen molar-refractivity contribution in [1.29, 1.82) is 0 Å². The van der Waals surface area contributed by atoms with Gasteiger partial charge in [0.25, 0.3) is 0 Å². The van der Waals surface area contributed by atoms with Gasteiger partial charge in [0.05, 0.1) is 28.2 Å². The minimum absolute atomic E-state index is 0.584. The summed E-state index contributed by atoms with van der Waals surface area (Å²) in [6.07, 6.45) is 13.0. The van der Waals surface area contributed by atoms with Crippen LogP contribution in [0.15, 0.2) is 0 Å². The summed E-state index contributed by atoms with van der Waals surface area (Å²) in [5.74, 6) is 0. The summed E-state index contributed by atoms with van der Waals surface area (Å²) in [4.78, 5) is 2.29. The van der Waals surface area contributed by atoms with Gasteiger partial charge in [-0.15, -0.1) is 0 Å². The molecule has 3 unspecified atom stereocenters. The zero-order valence-electron chi connectivity index (χ0n) is 26.9. The predicted octanol–water partition coefficient (Wildman–Crippen LogP) is 4.66. The minimum atomic E-state index is -1.79. The van der Waals surface area contributed by atoms with Crippen molar-refractivity contribution in [2.45, 2.75) is 75.9 Å². The third kappa shape index (κ3) is 24.0. The second kappa shape index (κ2) is 20.4. The van der Waals surface area contributed by atoms with Crippen molar-refractivity contribution in [2.24, 2.45) is 0 Å². The van der Waals surface area contributed by atoms with Gasteiger partial charge in [-0.05, 0) is 111 Å². The predicted molar refractivity (Wildman–Crippen MR) is 176 cm³/mol. The Morgan fingerprint density at radius 3 is 1.57 bits per heavy atom. The molecule has 9 nitrogen and oxygen atoms in total. The number of ether oxygens (including phenoxy) is 1. The zero-order chi connectivity index (χ0) is 30.1. The average molecular weight is 628 g/mol. The topological polar surface area (TPSA) is 112 Å². The summed E-state index contributed by atoms with van der Waals surface area (Å²) in [6.45, 7) is 17.0. The molecule has 0 aromatic heterocycles. The second-order valence-corrected chi connectivity index (χ2v) is 24.1. The minimum Gasteiger partial charge on any atom is -0.366 e. The van der Waals surface area contributed by atoms with Crippen LogP contribution < -0.4 is 21.3 Å². The third-order valence-electron chi connectivity index (χ3n) is 7.53. The van der Waals surface area contributed by atoms with Crippen LogP contribution in [0.2, 0.25) is 0 Å². The lowest BCUT2D eigenvalue weighted by Crippen LogP contribution is -2.45. The van der Waals surface area contributed by atoms with Crippen LogP contribution in [0.25, 0.3) is 0 Å². The van der Waals surface area contributed by atoms with Gasteiger partial charge in [0.2, 0.25) is 0 Å². The standard InChI is InChI=1S/C10H23N2OP.C9H21N2OP.C9H20NO2P/c1-12-7-6-10(11-9-12)5-4-8-14(2,3)13;1-13(2,12)7-3-4-9-5-6-10-8-11-9;1-13(2,11)7-3-4-9-5-6-12-8-10-9/h10-11H,4-9H2,1-3H3;9-11H,3-8H2,1-2H3;9-10H,3-8H2,1-2H3. The molecule has 40 heavy (non-hydrogen) atoms. The van der Waals surface area contributed by atoms with Crippen LogP contribution in [0.5, 0.6) is 0 Å². The molecule has 0 radical (unpaired) electrons. The lowest BCUT2D eigenvalue weighted by atomic mass is 10.1. The van der Waals surface area contributed by atoms with E-state index in [1.54, 1.807) is 0 Å². The van der Waals surface area contributed by atoms with Crippen LogP contribution in [0.1, 0.15) is 57.8 Å². The molecule has 3 fully saturated rings. The van der Waals surface area contributed by atoms with E-state index in [0.29, 0.717) is 24.9 Å². The average Bonchev–Trinajstić information content (AvgIpc) is 2.85. The maximum Gasteiger partial charge on any atom is 0.0967 e. The first-order valence-corrected chi connectivity index (χ1v) is 23.8. The van der Waals surface area contributed by atoms with Gasteiger partial charge < -0.3 is 34.4 Å². The molecular formula is C28H64N5O4P3. The lowest BCUT2D eigenvalue weighted by molar-refractivity contribution is 0.0594. The van der Waals surface area contributed by atoms with Crippen LogP contribution in [-0.4, -0.2) is 128 Å². The Kier molecular flexibility index (Phi) is 19.6. The van der Waals surface area contributed by atoms with E-state index in [0.717, 1.165) is 77.1 Å². The van der Waals surface area contributed by atoms with Gasteiger partial charge in [-0.1, -0.05) is 0 Å². The fourth-order valence-corrected chi connectivity index (χ4v) is 7.83. The molecule has 0 spiro atoms. The van der Waals surface area contributed by atoms with E-state index in [1.807, 2.05) is 40.0 Å². The second-order valence-electron chi connectivity index (χ2n) is 13.4. The molecule has 3 heterocycles. The number of rotatable bonds is 12. The van der Waals surface area contributed by atoms with E-state index in [1.165, 1.54) is 32.2 Å². The molecule has 3 rings (SSSR count). The van der Waals surface area contributed by atoms with E-state index >= 15 is 0 Å². The van der Waals surface area contributed by atoms with Gasteiger partial charge >= 0.3 is 0 Å². The molecule has 240 valence electrons. The van der Waals surface area contributed by atoms with Crippen LogP contribution in [0.3, 0.4) is 0 Å². The Labute approximate surface area is 247 Å². The molecular weight excluding hydrogens is 563 g/mol. The molecule has 0 bridgehead atoms. The first-order valence-electron chi connectivity index (χ1n) is 15.4. The van der Waals surface area contributed by atoms with Gasteiger partial charge in [-0.3, -0.25) is 10.2 Å². The van der Waals surface area contributed by atoms with Crippen molar-refractivity contribution in [2.75, 3.05) is 105 Å². The number of hydrogen-bond acceptors (Lipinski definition) is 9. The van der Waals surface area contributed by atoms with Crippen molar-refractivity contribution in [1.82, 2.24) is 26.2 Å². The van der Waals surface area contributed by atoms with Crippen LogP contribution >= 0.6 is 21.4 Å². The van der Waals surface area contributed by atoms with E-state index in [2.05, 4.69) is 33.2 Å². The van der Waals surface area contributed by atoms with Crippen LogP contribution in [0, 0.1) is 0 Å². The van der Waals surface area contributed by atoms with Crippen molar-refractivity contribution >= 4 is 21.4 Å². The normalized spacial score (nSPS) is 24.8. The van der Waals surface area contributed by atoms with Crippen molar-refractivity contribution in [3.05, 3.63) is 0 Å². The molecule has 0 aromatic rings. The molecule has 12 heteroatoms. The van der Waals surface area contributed by atoms with Gasteiger partial charge in [0.15, 0.2) is 0 Å². The highest BCUT2D eigenvalue weighted by atomic mass is 31.2. The fourth-order valence-electron chi connectivity index (χ4n) is 5.00. The first-order chi connectivity index (χ1) is 18.6. The lowest BCUT2D eigenvalue weighted by Gasteiger charge is -2.30. The quantitative estimate of drug-likeness (QED) is 0.230. The van der Waals surface area contributed by atoms with Crippen molar-refractivity contribution < 1.29 is 18.4 Å². The largest absolute Gasteiger partial charge is 0.366 e. The first kappa shape index (κ1) is 38.5. The Hall–Kier alpha value is 0.450. The highest BCUT2D eigenvalue weighted by Gasteiger charge is 2.17. The molecule has 0 aromatic carbocycles. The number of hydrogen-bond donors (Lipinski definition) is 4. The Bertz CT molecular complexity index is 739. The smallest absolute Gasteiger partial charge is 0.0967 e. The van der Waals surface area contributed by atoms with Gasteiger partial charge in [-0.2, -0.15) is 0 Å². The number of nitrogens with zero attached hydrogens (tertiary/aromatic N) is 1. The summed E-state index contributed by atoms with van der Waals surface area (Å²) in [5, 5.41) is 13.4. The van der Waals surface area contributed by atoms with E-state index in [9.17, 15) is 13.7 Å². The number of nitrogens with one attached hydrogen (secondary N) is 4. The van der Waals surface area contributed by atoms with E-state index in [4.69, 9.17) is 4.74 Å². The monoisotopic (exact) mass is 627 g/mol. The summed E-state index contributed by atoms with van der Waals surface area (Å²) >= 11 is 0. The summed E-state index contributed by atoms with van der Waals surface area (Å²) in [7, 11) is -3.22. The third-order valence-corrected chi connectivity index (χ3v) is 11.7. The van der Waals surface area contributed by atoms with Gasteiger partial charge in [0.1, 0.15) is 0 Å². The molecule has 3 aliphatic rings. The molecule has 0 saturated carbocycles. The Morgan fingerprint density at radius 2 is 1.20 bits per heavy atom. The van der Waals surface area contributed by atoms with Crippen molar-refractivity contribution in [3.63, 3.8) is 0 Å². The molecule has 4 N–H and O–H groups in total. The Morgan fingerprint density at radius 1 is 0.700 bits per heavy atom. The molecule has 3 saturated heterocycles. The molecule has 0 aliphatic carbocycles. The van der Waals surface area contributed by atoms with Crippen LogP contribution in [-0.2, 0) is 18.4 Å². The van der Waals surface area contributed by atoms with Crippen LogP contribution in [0.4, 0.5) is 0 Å². The van der Waals surface area contributed by atoms with E-state index in [-0.39, 0.29) is 0 Å². The Balaban J connectivity index is 0.000000300. The fraction of sp³-hybridized carbons (Fsp3) is 1.00. The maximum atomic E-state index is 11.5.